The minimum atomic E-state index is -0.0730. The number of hydrogen-bond donors (Lipinski definition) is 2. The van der Waals surface area contributed by atoms with Crippen LogP contribution in [0.1, 0.15) is 5.56 Å². The van der Waals surface area contributed by atoms with E-state index in [1.165, 1.54) is 0 Å². The summed E-state index contributed by atoms with van der Waals surface area (Å²) in [5.41, 5.74) is 9.62. The Hall–Kier alpha value is -2.84. The first-order valence-electron chi connectivity index (χ1n) is 8.27. The molecule has 3 N–H and O–H groups in total. The van der Waals surface area contributed by atoms with Gasteiger partial charge in [0.2, 0.25) is 11.0 Å². The molecule has 0 saturated heterocycles. The molecule has 1 aliphatic rings. The Labute approximate surface area is 166 Å². The van der Waals surface area contributed by atoms with E-state index in [2.05, 4.69) is 16.3 Å². The predicted octanol–water partition coefficient (Wildman–Crippen LogP) is 4.69. The van der Waals surface area contributed by atoms with Gasteiger partial charge in [0.1, 0.15) is 0 Å². The number of nitrogens with zero attached hydrogens (tertiary/aromatic N) is 4. The number of thioether (sulfide) groups is 1. The van der Waals surface area contributed by atoms with Gasteiger partial charge in [-0.1, -0.05) is 36.4 Å². The topological polar surface area (TPSA) is 79.1 Å². The van der Waals surface area contributed by atoms with Gasteiger partial charge in [0.05, 0.1) is 11.4 Å². The average molecular weight is 396 g/mol. The summed E-state index contributed by atoms with van der Waals surface area (Å²) >= 11 is 6.50. The molecule has 1 aliphatic heterocycles. The van der Waals surface area contributed by atoms with Crippen LogP contribution in [0.5, 0.6) is 5.88 Å². The Bertz CT molecular complexity index is 1050. The fourth-order valence-electron chi connectivity index (χ4n) is 3.19. The minimum absolute atomic E-state index is 0.00339. The lowest BCUT2D eigenvalue weighted by Crippen LogP contribution is -2.25. The molecule has 0 spiro atoms. The van der Waals surface area contributed by atoms with E-state index < -0.39 is 0 Å². The number of rotatable bonds is 3. The molecule has 0 fully saturated rings. The Kier molecular flexibility index (Phi) is 4.59. The molecule has 2 aromatic carbocycles. The first-order valence-corrected chi connectivity index (χ1v) is 9.66. The van der Waals surface area contributed by atoms with Crippen LogP contribution in [0, 0.1) is 0 Å². The highest BCUT2D eigenvalue weighted by molar-refractivity contribution is 7.98. The zero-order chi connectivity index (χ0) is 19.0. The average Bonchev–Trinajstić information content (AvgIpc) is 2.98. The van der Waals surface area contributed by atoms with Crippen molar-refractivity contribution in [3.8, 4) is 17.1 Å². The fourth-order valence-corrected chi connectivity index (χ4v) is 4.30. The van der Waals surface area contributed by atoms with Crippen molar-refractivity contribution in [3.05, 3.63) is 60.2 Å². The van der Waals surface area contributed by atoms with E-state index >= 15 is 0 Å². The van der Waals surface area contributed by atoms with Crippen LogP contribution in [-0.4, -0.2) is 21.9 Å². The quantitative estimate of drug-likeness (QED) is 0.497. The predicted molar refractivity (Wildman–Crippen MR) is 113 cm³/mol. The molecule has 0 saturated carbocycles. The molecular formula is C19H17N5OS2. The zero-order valence-corrected chi connectivity index (χ0v) is 16.2. The van der Waals surface area contributed by atoms with Crippen molar-refractivity contribution in [1.82, 2.24) is 4.68 Å². The highest BCUT2D eigenvalue weighted by Gasteiger charge is 2.30. The number of thiocarbonyl (C=S) groups is 1. The SMILES string of the molecule is CN(c1ccccc1)n1c(O)c(N=NC(N)=S)c2c1-c1ccccc1SC2. The largest absolute Gasteiger partial charge is 0.492 e. The number of aromatic nitrogens is 1. The summed E-state index contributed by atoms with van der Waals surface area (Å²) in [7, 11) is 1.90. The molecule has 136 valence electrons. The molecule has 0 bridgehead atoms. The van der Waals surface area contributed by atoms with Crippen LogP contribution >= 0.6 is 24.0 Å². The lowest BCUT2D eigenvalue weighted by atomic mass is 10.1. The molecule has 4 rings (SSSR count). The number of aromatic hydroxyl groups is 1. The number of nitrogens with two attached hydrogens (primary N) is 1. The molecule has 6 nitrogen and oxygen atoms in total. The van der Waals surface area contributed by atoms with Crippen LogP contribution in [0.15, 0.2) is 69.7 Å². The van der Waals surface area contributed by atoms with E-state index in [-0.39, 0.29) is 11.0 Å². The van der Waals surface area contributed by atoms with Gasteiger partial charge in [-0.15, -0.1) is 22.0 Å². The molecule has 0 aliphatic carbocycles. The third-order valence-electron chi connectivity index (χ3n) is 4.39. The zero-order valence-electron chi connectivity index (χ0n) is 14.5. The highest BCUT2D eigenvalue weighted by atomic mass is 32.2. The third kappa shape index (κ3) is 3.07. The van der Waals surface area contributed by atoms with Gasteiger partial charge < -0.3 is 10.8 Å². The van der Waals surface area contributed by atoms with Gasteiger partial charge in [-0.3, -0.25) is 5.01 Å². The van der Waals surface area contributed by atoms with Crippen LogP contribution in [0.25, 0.3) is 11.3 Å². The number of para-hydroxylation sites is 1. The molecule has 2 heterocycles. The molecule has 0 unspecified atom stereocenters. The normalized spacial score (nSPS) is 12.6. The smallest absolute Gasteiger partial charge is 0.239 e. The van der Waals surface area contributed by atoms with Gasteiger partial charge in [0.15, 0.2) is 5.69 Å². The molecular weight excluding hydrogens is 378 g/mol. The first-order chi connectivity index (χ1) is 13.1. The Morgan fingerprint density at radius 3 is 2.63 bits per heavy atom. The number of hydrogen-bond acceptors (Lipinski definition) is 5. The summed E-state index contributed by atoms with van der Waals surface area (Å²) in [6.07, 6.45) is 0. The van der Waals surface area contributed by atoms with Crippen LogP contribution < -0.4 is 10.7 Å². The number of anilines is 1. The Morgan fingerprint density at radius 2 is 1.89 bits per heavy atom. The maximum Gasteiger partial charge on any atom is 0.239 e. The monoisotopic (exact) mass is 395 g/mol. The van der Waals surface area contributed by atoms with E-state index in [1.807, 2.05) is 60.6 Å². The number of benzene rings is 2. The first kappa shape index (κ1) is 17.6. The van der Waals surface area contributed by atoms with Crippen LogP contribution in [0.2, 0.25) is 0 Å². The van der Waals surface area contributed by atoms with Crippen molar-refractivity contribution in [2.75, 3.05) is 12.1 Å². The fraction of sp³-hybridized carbons (Fsp3) is 0.105. The molecule has 0 radical (unpaired) electrons. The Morgan fingerprint density at radius 1 is 1.19 bits per heavy atom. The van der Waals surface area contributed by atoms with Crippen molar-refractivity contribution in [1.29, 1.82) is 0 Å². The summed E-state index contributed by atoms with van der Waals surface area (Å²) in [6, 6.07) is 17.9. The van der Waals surface area contributed by atoms with Crippen molar-refractivity contribution in [3.63, 3.8) is 0 Å². The second-order valence-corrected chi connectivity index (χ2v) is 7.43. The van der Waals surface area contributed by atoms with Crippen LogP contribution in [0.4, 0.5) is 11.4 Å². The molecule has 8 heteroatoms. The standard InChI is InChI=1S/C19H17N5OS2/c1-23(12-7-3-2-4-8-12)24-17-13-9-5-6-10-15(13)27-11-14(17)16(18(24)25)21-22-19(20)26/h2-10,25H,11H2,1H3,(H2,20,26). The number of azo groups is 1. The lowest BCUT2D eigenvalue weighted by molar-refractivity contribution is 0.426. The summed E-state index contributed by atoms with van der Waals surface area (Å²) < 4.78 is 1.76. The summed E-state index contributed by atoms with van der Waals surface area (Å²) in [5.74, 6) is 0.671. The van der Waals surface area contributed by atoms with Gasteiger partial charge in [0.25, 0.3) is 0 Å². The second kappa shape index (κ2) is 7.05. The molecule has 0 atom stereocenters. The van der Waals surface area contributed by atoms with Crippen molar-refractivity contribution in [2.24, 2.45) is 16.0 Å². The van der Waals surface area contributed by atoms with Gasteiger partial charge in [0, 0.05) is 28.8 Å². The molecule has 27 heavy (non-hydrogen) atoms. The lowest BCUT2D eigenvalue weighted by Gasteiger charge is -2.26. The summed E-state index contributed by atoms with van der Waals surface area (Å²) in [6.45, 7) is 0. The second-order valence-electron chi connectivity index (χ2n) is 5.99. The maximum atomic E-state index is 11.0. The molecule has 3 aromatic rings. The van der Waals surface area contributed by atoms with Gasteiger partial charge >= 0.3 is 0 Å². The van der Waals surface area contributed by atoms with Gasteiger partial charge in [-0.05, 0) is 30.4 Å². The molecule has 1 aromatic heterocycles. The van der Waals surface area contributed by atoms with Crippen LogP contribution in [-0.2, 0) is 5.75 Å². The molecule has 0 amide bonds. The van der Waals surface area contributed by atoms with Gasteiger partial charge in [-0.2, -0.15) is 0 Å². The van der Waals surface area contributed by atoms with E-state index in [0.29, 0.717) is 11.4 Å². The van der Waals surface area contributed by atoms with Crippen molar-refractivity contribution >= 4 is 40.5 Å². The number of fused-ring (bicyclic) bond motifs is 3. The minimum Gasteiger partial charge on any atom is -0.492 e. The summed E-state index contributed by atoms with van der Waals surface area (Å²) in [4.78, 5) is 1.16. The van der Waals surface area contributed by atoms with E-state index in [9.17, 15) is 5.11 Å². The van der Waals surface area contributed by atoms with E-state index in [0.717, 1.165) is 27.4 Å². The van der Waals surface area contributed by atoms with Crippen molar-refractivity contribution < 1.29 is 5.11 Å². The Balaban J connectivity index is 1.97. The van der Waals surface area contributed by atoms with Crippen molar-refractivity contribution in [2.45, 2.75) is 10.6 Å². The summed E-state index contributed by atoms with van der Waals surface area (Å²) in [5, 5.41) is 20.8. The van der Waals surface area contributed by atoms with E-state index in [4.69, 9.17) is 18.0 Å². The van der Waals surface area contributed by atoms with Gasteiger partial charge in [-0.25, -0.2) is 4.68 Å². The maximum absolute atomic E-state index is 11.0. The highest BCUT2D eigenvalue weighted by Crippen LogP contribution is 2.50. The van der Waals surface area contributed by atoms with Crippen LogP contribution in [0.3, 0.4) is 0 Å². The van der Waals surface area contributed by atoms with E-state index in [1.54, 1.807) is 16.4 Å². The third-order valence-corrected chi connectivity index (χ3v) is 5.57.